The third-order valence-electron chi connectivity index (χ3n) is 8.50. The monoisotopic (exact) mass is 574 g/mol. The maximum atomic E-state index is 13.2. The molecule has 4 aliphatic rings. The molecule has 3 fully saturated rings. The van der Waals surface area contributed by atoms with Gasteiger partial charge in [0.05, 0.1) is 35.7 Å². The zero-order valence-corrected chi connectivity index (χ0v) is 24.8. The number of rotatable bonds is 5. The Morgan fingerprint density at radius 3 is 2.45 bits per heavy atom. The maximum absolute atomic E-state index is 13.2. The lowest BCUT2D eigenvalue weighted by Gasteiger charge is -2.32. The van der Waals surface area contributed by atoms with Crippen LogP contribution in [0.3, 0.4) is 0 Å². The highest BCUT2D eigenvalue weighted by atomic mass is 16.6. The van der Waals surface area contributed by atoms with Crippen LogP contribution < -0.4 is 10.2 Å². The van der Waals surface area contributed by atoms with E-state index >= 15 is 0 Å². The van der Waals surface area contributed by atoms with E-state index in [0.29, 0.717) is 41.3 Å². The Hall–Kier alpha value is -4.09. The average Bonchev–Trinajstić information content (AvgIpc) is 3.41. The number of carbonyl (C=O) groups excluding carboxylic acids is 3. The van der Waals surface area contributed by atoms with Gasteiger partial charge in [-0.15, -0.1) is 0 Å². The van der Waals surface area contributed by atoms with Crippen LogP contribution in [0.1, 0.15) is 70.9 Å². The fourth-order valence-electron chi connectivity index (χ4n) is 6.28. The summed E-state index contributed by atoms with van der Waals surface area (Å²) in [5.41, 5.74) is 2.02. The molecule has 3 amide bonds. The zero-order chi connectivity index (χ0) is 29.8. The summed E-state index contributed by atoms with van der Waals surface area (Å²) in [4.78, 5) is 62.4. The lowest BCUT2D eigenvalue weighted by molar-refractivity contribution is -0.122. The SMILES string of the molecule is CN(C)C(=O)C1=Nc2cnc(Nc3ccc(N4CC5CCC(CC4=O)N5C(=O)OC(C)(C)C)cn3)nc2C1C1CCC1. The molecule has 2 saturated heterocycles. The quantitative estimate of drug-likeness (QED) is 0.562. The van der Waals surface area contributed by atoms with Crippen LogP contribution in [0.25, 0.3) is 0 Å². The minimum atomic E-state index is -0.598. The molecule has 2 bridgehead atoms. The maximum Gasteiger partial charge on any atom is 0.410 e. The Morgan fingerprint density at radius 1 is 1.05 bits per heavy atom. The van der Waals surface area contributed by atoms with Crippen molar-refractivity contribution in [3.63, 3.8) is 0 Å². The summed E-state index contributed by atoms with van der Waals surface area (Å²) in [6, 6.07) is 3.36. The number of nitrogens with zero attached hydrogens (tertiary/aromatic N) is 7. The van der Waals surface area contributed by atoms with Gasteiger partial charge in [0, 0.05) is 33.1 Å². The molecule has 5 heterocycles. The first-order chi connectivity index (χ1) is 20.0. The standard InChI is InChI=1S/C30H38N8O4/c1-30(2,3)42-29(41)38-18-9-10-20(38)16-37(23(39)13-18)19-11-12-22(31-14-19)34-28-32-15-21-25(35-28)24(17-7-6-8-17)26(33-21)27(40)36(4)5/h11-12,14-15,17-18,20,24H,6-10,13,16H2,1-5H3,(H,31,32,34,35). The topological polar surface area (TPSA) is 133 Å². The normalized spacial score (nSPS) is 23.6. The first kappa shape index (κ1) is 28.0. The summed E-state index contributed by atoms with van der Waals surface area (Å²) in [7, 11) is 3.47. The number of hydrogen-bond acceptors (Lipinski definition) is 9. The third kappa shape index (κ3) is 5.30. The van der Waals surface area contributed by atoms with Gasteiger partial charge in [0.2, 0.25) is 11.9 Å². The van der Waals surface area contributed by atoms with Gasteiger partial charge >= 0.3 is 6.09 Å². The molecule has 3 unspecified atom stereocenters. The second-order valence-electron chi connectivity index (χ2n) is 12.8. The van der Waals surface area contributed by atoms with Crippen molar-refractivity contribution < 1.29 is 19.1 Å². The van der Waals surface area contributed by atoms with Crippen LogP contribution in [-0.4, -0.2) is 86.7 Å². The predicted octanol–water partition coefficient (Wildman–Crippen LogP) is 4.18. The molecule has 2 aromatic heterocycles. The number of aromatic nitrogens is 3. The predicted molar refractivity (Wildman–Crippen MR) is 157 cm³/mol. The number of amides is 3. The largest absolute Gasteiger partial charge is 0.444 e. The molecule has 42 heavy (non-hydrogen) atoms. The molecule has 0 spiro atoms. The molecular weight excluding hydrogens is 536 g/mol. The summed E-state index contributed by atoms with van der Waals surface area (Å²) in [5, 5.41) is 3.17. The van der Waals surface area contributed by atoms with Crippen LogP contribution in [0.5, 0.6) is 0 Å². The number of carbonyl (C=O) groups is 3. The molecule has 0 aromatic carbocycles. The molecular formula is C30H38N8O4. The molecule has 6 rings (SSSR count). The first-order valence-corrected chi connectivity index (χ1v) is 14.7. The van der Waals surface area contributed by atoms with Gasteiger partial charge in [-0.2, -0.15) is 0 Å². The van der Waals surface area contributed by atoms with E-state index in [2.05, 4.69) is 20.3 Å². The van der Waals surface area contributed by atoms with Crippen LogP contribution in [0.15, 0.2) is 29.5 Å². The average molecular weight is 575 g/mol. The Balaban J connectivity index is 1.16. The van der Waals surface area contributed by atoms with Crippen LogP contribution in [0.2, 0.25) is 0 Å². The molecule has 12 heteroatoms. The number of hydrogen-bond donors (Lipinski definition) is 1. The third-order valence-corrected chi connectivity index (χ3v) is 8.50. The van der Waals surface area contributed by atoms with Crippen LogP contribution in [0.4, 0.5) is 27.9 Å². The lowest BCUT2D eigenvalue weighted by atomic mass is 9.73. The van der Waals surface area contributed by atoms with Gasteiger partial charge in [0.1, 0.15) is 22.8 Å². The van der Waals surface area contributed by atoms with Crippen LogP contribution in [-0.2, 0) is 14.3 Å². The number of pyridine rings is 1. The van der Waals surface area contributed by atoms with Crippen molar-refractivity contribution >= 4 is 46.8 Å². The number of anilines is 3. The highest BCUT2D eigenvalue weighted by Gasteiger charge is 2.45. The Kier molecular flexibility index (Phi) is 7.10. The molecule has 3 atom stereocenters. The lowest BCUT2D eigenvalue weighted by Crippen LogP contribution is -2.45. The van der Waals surface area contributed by atoms with Crippen molar-refractivity contribution in [3.8, 4) is 0 Å². The molecule has 1 aliphatic carbocycles. The molecule has 1 N–H and O–H groups in total. The van der Waals surface area contributed by atoms with Crippen molar-refractivity contribution in [2.75, 3.05) is 30.9 Å². The minimum Gasteiger partial charge on any atom is -0.444 e. The van der Waals surface area contributed by atoms with Gasteiger partial charge in [-0.1, -0.05) is 6.42 Å². The van der Waals surface area contributed by atoms with E-state index in [4.69, 9.17) is 9.72 Å². The van der Waals surface area contributed by atoms with E-state index < -0.39 is 5.60 Å². The minimum absolute atomic E-state index is 0.0367. The van der Waals surface area contributed by atoms with E-state index in [1.165, 1.54) is 0 Å². The molecule has 3 aliphatic heterocycles. The van der Waals surface area contributed by atoms with E-state index in [-0.39, 0.29) is 42.3 Å². The summed E-state index contributed by atoms with van der Waals surface area (Å²) < 4.78 is 5.65. The van der Waals surface area contributed by atoms with Crippen molar-refractivity contribution in [3.05, 3.63) is 30.2 Å². The van der Waals surface area contributed by atoms with E-state index in [1.807, 2.05) is 26.8 Å². The van der Waals surface area contributed by atoms with Crippen LogP contribution in [0, 0.1) is 5.92 Å². The van der Waals surface area contributed by atoms with Crippen molar-refractivity contribution in [2.24, 2.45) is 10.9 Å². The van der Waals surface area contributed by atoms with E-state index in [1.54, 1.807) is 47.3 Å². The van der Waals surface area contributed by atoms with Crippen molar-refractivity contribution in [2.45, 2.75) is 82.9 Å². The summed E-state index contributed by atoms with van der Waals surface area (Å²) in [5.74, 6) is 0.992. The van der Waals surface area contributed by atoms with E-state index in [9.17, 15) is 14.4 Å². The molecule has 2 aromatic rings. The molecule has 0 radical (unpaired) electrons. The number of aliphatic imine (C=N–C) groups is 1. The number of nitrogens with one attached hydrogen (secondary N) is 1. The van der Waals surface area contributed by atoms with Gasteiger partial charge < -0.3 is 19.9 Å². The highest BCUT2D eigenvalue weighted by molar-refractivity contribution is 6.42. The Bertz CT molecular complexity index is 1430. The second kappa shape index (κ2) is 10.6. The van der Waals surface area contributed by atoms with Crippen molar-refractivity contribution in [1.29, 1.82) is 0 Å². The Labute approximate surface area is 245 Å². The smallest absolute Gasteiger partial charge is 0.410 e. The Morgan fingerprint density at radius 2 is 1.81 bits per heavy atom. The molecule has 1 saturated carbocycles. The number of fused-ring (bicyclic) bond motifs is 3. The van der Waals surface area contributed by atoms with Gasteiger partial charge in [-0.25, -0.2) is 24.7 Å². The van der Waals surface area contributed by atoms with Crippen molar-refractivity contribution in [1.82, 2.24) is 24.8 Å². The summed E-state index contributed by atoms with van der Waals surface area (Å²) >= 11 is 0. The van der Waals surface area contributed by atoms with Crippen LogP contribution >= 0.6 is 0 Å². The van der Waals surface area contributed by atoms with E-state index in [0.717, 1.165) is 37.8 Å². The number of ether oxygens (including phenoxy) is 1. The van der Waals surface area contributed by atoms with Gasteiger partial charge in [-0.3, -0.25) is 14.5 Å². The molecule has 12 nitrogen and oxygen atoms in total. The fraction of sp³-hybridized carbons (Fsp3) is 0.567. The summed E-state index contributed by atoms with van der Waals surface area (Å²) in [6.45, 7) is 5.94. The first-order valence-electron chi connectivity index (χ1n) is 14.7. The highest BCUT2D eigenvalue weighted by Crippen LogP contribution is 2.46. The van der Waals surface area contributed by atoms with Gasteiger partial charge in [-0.05, 0) is 64.5 Å². The van der Waals surface area contributed by atoms with Gasteiger partial charge in [0.15, 0.2) is 0 Å². The fourth-order valence-corrected chi connectivity index (χ4v) is 6.28. The molecule has 222 valence electrons. The zero-order valence-electron chi connectivity index (χ0n) is 24.8. The van der Waals surface area contributed by atoms with Gasteiger partial charge in [0.25, 0.3) is 5.91 Å². The summed E-state index contributed by atoms with van der Waals surface area (Å²) in [6.07, 6.45) is 8.05. The second-order valence-corrected chi connectivity index (χ2v) is 12.8.